The van der Waals surface area contributed by atoms with Gasteiger partial charge < -0.3 is 15.4 Å². The number of hydrogen-bond acceptors (Lipinski definition) is 3. The number of aromatic nitrogens is 2. The van der Waals surface area contributed by atoms with Gasteiger partial charge in [0.25, 0.3) is 0 Å². The number of rotatable bonds is 2. The highest BCUT2D eigenvalue weighted by molar-refractivity contribution is 6.31. The first-order valence-electron chi connectivity index (χ1n) is 5.03. The van der Waals surface area contributed by atoms with E-state index in [2.05, 4.69) is 4.98 Å². The fourth-order valence-corrected chi connectivity index (χ4v) is 2.07. The van der Waals surface area contributed by atoms with Crippen LogP contribution in [0.3, 0.4) is 0 Å². The van der Waals surface area contributed by atoms with Gasteiger partial charge in [0.05, 0.1) is 23.7 Å². The number of hydrogen-bond donors (Lipinski definition) is 2. The van der Waals surface area contributed by atoms with Crippen molar-refractivity contribution < 1.29 is 5.11 Å². The van der Waals surface area contributed by atoms with Crippen LogP contribution in [0, 0.1) is 6.92 Å². The number of imidazole rings is 1. The standard InChI is InChI=1S/C11H14ClN3O/c1-6-14-10-4-7(12)3-8(9(13)5-16)11(10)15(6)2/h3-4,9,16H,5,13H2,1-2H3. The minimum Gasteiger partial charge on any atom is -0.394 e. The van der Waals surface area contributed by atoms with Gasteiger partial charge in [-0.15, -0.1) is 0 Å². The van der Waals surface area contributed by atoms with Crippen molar-refractivity contribution in [1.29, 1.82) is 0 Å². The van der Waals surface area contributed by atoms with Gasteiger partial charge in [0.1, 0.15) is 5.82 Å². The van der Waals surface area contributed by atoms with E-state index in [0.717, 1.165) is 22.4 Å². The predicted molar refractivity (Wildman–Crippen MR) is 64.5 cm³/mol. The van der Waals surface area contributed by atoms with Crippen LogP contribution in [0.2, 0.25) is 5.02 Å². The molecule has 2 rings (SSSR count). The third-order valence-electron chi connectivity index (χ3n) is 2.78. The smallest absolute Gasteiger partial charge is 0.106 e. The SMILES string of the molecule is Cc1nc2cc(Cl)cc(C(N)CO)c2n1C. The molecule has 0 radical (unpaired) electrons. The van der Waals surface area contributed by atoms with Crippen LogP contribution in [-0.4, -0.2) is 21.3 Å². The molecular formula is C11H14ClN3O. The van der Waals surface area contributed by atoms with Crippen molar-refractivity contribution in [2.75, 3.05) is 6.61 Å². The molecule has 86 valence electrons. The molecule has 0 saturated heterocycles. The molecule has 0 aliphatic carbocycles. The molecule has 0 bridgehead atoms. The average molecular weight is 240 g/mol. The van der Waals surface area contributed by atoms with E-state index in [0.29, 0.717) is 5.02 Å². The molecule has 1 aromatic carbocycles. The minimum atomic E-state index is -0.434. The summed E-state index contributed by atoms with van der Waals surface area (Å²) in [5.41, 5.74) is 8.43. The molecule has 1 heterocycles. The quantitative estimate of drug-likeness (QED) is 0.835. The number of aliphatic hydroxyl groups is 1. The zero-order valence-electron chi connectivity index (χ0n) is 9.24. The van der Waals surface area contributed by atoms with E-state index in [1.165, 1.54) is 0 Å². The molecule has 0 aliphatic rings. The van der Waals surface area contributed by atoms with Crippen LogP contribution >= 0.6 is 11.6 Å². The zero-order chi connectivity index (χ0) is 11.9. The Bertz CT molecular complexity index is 535. The molecule has 1 unspecified atom stereocenters. The first-order valence-corrected chi connectivity index (χ1v) is 5.41. The molecule has 1 atom stereocenters. The number of fused-ring (bicyclic) bond motifs is 1. The first-order chi connectivity index (χ1) is 7.54. The number of nitrogens with zero attached hydrogens (tertiary/aromatic N) is 2. The summed E-state index contributed by atoms with van der Waals surface area (Å²) in [5, 5.41) is 9.73. The molecule has 0 amide bonds. The summed E-state index contributed by atoms with van der Waals surface area (Å²) in [6, 6.07) is 3.15. The summed E-state index contributed by atoms with van der Waals surface area (Å²) in [5.74, 6) is 0.892. The van der Waals surface area contributed by atoms with Crippen molar-refractivity contribution in [3.63, 3.8) is 0 Å². The van der Waals surface area contributed by atoms with Gasteiger partial charge in [-0.3, -0.25) is 0 Å². The van der Waals surface area contributed by atoms with Gasteiger partial charge in [0, 0.05) is 12.1 Å². The van der Waals surface area contributed by atoms with E-state index in [4.69, 9.17) is 22.4 Å². The van der Waals surface area contributed by atoms with Crippen LogP contribution in [0.15, 0.2) is 12.1 Å². The topological polar surface area (TPSA) is 64.1 Å². The largest absolute Gasteiger partial charge is 0.394 e. The molecule has 2 aromatic rings. The molecule has 0 saturated carbocycles. The lowest BCUT2D eigenvalue weighted by atomic mass is 10.1. The third kappa shape index (κ3) is 1.69. The van der Waals surface area contributed by atoms with Crippen LogP contribution in [0.4, 0.5) is 0 Å². The lowest BCUT2D eigenvalue weighted by molar-refractivity contribution is 0.268. The maximum Gasteiger partial charge on any atom is 0.106 e. The number of nitrogens with two attached hydrogens (primary N) is 1. The molecule has 0 aliphatic heterocycles. The van der Waals surface area contributed by atoms with Gasteiger partial charge >= 0.3 is 0 Å². The normalized spacial score (nSPS) is 13.3. The Kier molecular flexibility index (Phi) is 2.88. The summed E-state index contributed by atoms with van der Waals surface area (Å²) in [6.07, 6.45) is 0. The Hall–Kier alpha value is -1.10. The minimum absolute atomic E-state index is 0.111. The number of aliphatic hydroxyl groups excluding tert-OH is 1. The molecular weight excluding hydrogens is 226 g/mol. The maximum atomic E-state index is 9.14. The van der Waals surface area contributed by atoms with E-state index in [-0.39, 0.29) is 6.61 Å². The Labute approximate surface area is 98.6 Å². The van der Waals surface area contributed by atoms with Crippen molar-refractivity contribution >= 4 is 22.6 Å². The first kappa shape index (κ1) is 11.4. The maximum absolute atomic E-state index is 9.14. The molecule has 5 heteroatoms. The molecule has 0 spiro atoms. The zero-order valence-corrected chi connectivity index (χ0v) is 9.99. The van der Waals surface area contributed by atoms with Crippen LogP contribution < -0.4 is 5.73 Å². The van der Waals surface area contributed by atoms with Crippen molar-refractivity contribution in [2.24, 2.45) is 12.8 Å². The second-order valence-corrected chi connectivity index (χ2v) is 4.31. The van der Waals surface area contributed by atoms with Gasteiger partial charge in [-0.25, -0.2) is 4.98 Å². The molecule has 0 fully saturated rings. The number of halogens is 1. The van der Waals surface area contributed by atoms with Crippen LogP contribution in [0.1, 0.15) is 17.4 Å². The summed E-state index contributed by atoms with van der Waals surface area (Å²) in [4.78, 5) is 4.39. The van der Waals surface area contributed by atoms with Gasteiger partial charge in [0.15, 0.2) is 0 Å². The Balaban J connectivity index is 2.79. The molecule has 16 heavy (non-hydrogen) atoms. The van der Waals surface area contributed by atoms with Crippen LogP contribution in [-0.2, 0) is 7.05 Å². The number of benzene rings is 1. The molecule has 1 aromatic heterocycles. The van der Waals surface area contributed by atoms with Crippen molar-refractivity contribution in [3.05, 3.63) is 28.5 Å². The van der Waals surface area contributed by atoms with Crippen molar-refractivity contribution in [3.8, 4) is 0 Å². The van der Waals surface area contributed by atoms with E-state index in [1.807, 2.05) is 18.5 Å². The highest BCUT2D eigenvalue weighted by Crippen LogP contribution is 2.27. The van der Waals surface area contributed by atoms with Crippen molar-refractivity contribution in [1.82, 2.24) is 9.55 Å². The monoisotopic (exact) mass is 239 g/mol. The van der Waals surface area contributed by atoms with E-state index < -0.39 is 6.04 Å². The highest BCUT2D eigenvalue weighted by Gasteiger charge is 2.15. The summed E-state index contributed by atoms with van der Waals surface area (Å²) in [6.45, 7) is 1.81. The lowest BCUT2D eigenvalue weighted by Crippen LogP contribution is -2.15. The van der Waals surface area contributed by atoms with Gasteiger partial charge in [0.2, 0.25) is 0 Å². The number of aryl methyl sites for hydroxylation is 2. The second kappa shape index (κ2) is 4.05. The van der Waals surface area contributed by atoms with Gasteiger partial charge in [-0.2, -0.15) is 0 Å². The van der Waals surface area contributed by atoms with Crippen molar-refractivity contribution in [2.45, 2.75) is 13.0 Å². The third-order valence-corrected chi connectivity index (χ3v) is 3.00. The second-order valence-electron chi connectivity index (χ2n) is 3.87. The van der Waals surface area contributed by atoms with E-state index in [1.54, 1.807) is 12.1 Å². The summed E-state index contributed by atoms with van der Waals surface area (Å²) >= 11 is 6.00. The van der Waals surface area contributed by atoms with Crippen LogP contribution in [0.25, 0.3) is 11.0 Å². The van der Waals surface area contributed by atoms with Crippen LogP contribution in [0.5, 0.6) is 0 Å². The molecule has 4 nitrogen and oxygen atoms in total. The Morgan fingerprint density at radius 1 is 1.56 bits per heavy atom. The fraction of sp³-hybridized carbons (Fsp3) is 0.364. The molecule has 3 N–H and O–H groups in total. The summed E-state index contributed by atoms with van der Waals surface area (Å²) < 4.78 is 1.95. The Morgan fingerprint density at radius 3 is 2.88 bits per heavy atom. The van der Waals surface area contributed by atoms with E-state index in [9.17, 15) is 0 Å². The van der Waals surface area contributed by atoms with E-state index >= 15 is 0 Å². The Morgan fingerprint density at radius 2 is 2.25 bits per heavy atom. The van der Waals surface area contributed by atoms with Gasteiger partial charge in [-0.05, 0) is 24.6 Å². The highest BCUT2D eigenvalue weighted by atomic mass is 35.5. The fourth-order valence-electron chi connectivity index (χ4n) is 1.85. The average Bonchev–Trinajstić information content (AvgIpc) is 2.52. The summed E-state index contributed by atoms with van der Waals surface area (Å²) in [7, 11) is 1.92. The lowest BCUT2D eigenvalue weighted by Gasteiger charge is -2.12. The predicted octanol–water partition coefficient (Wildman–Crippen LogP) is 1.53. The van der Waals surface area contributed by atoms with Gasteiger partial charge in [-0.1, -0.05) is 11.6 Å².